The van der Waals surface area contributed by atoms with E-state index in [4.69, 9.17) is 0 Å². The van der Waals surface area contributed by atoms with Crippen molar-refractivity contribution in [3.05, 3.63) is 34.3 Å². The van der Waals surface area contributed by atoms with Crippen molar-refractivity contribution < 1.29 is 19.1 Å². The number of halogens is 1. The summed E-state index contributed by atoms with van der Waals surface area (Å²) in [5, 5.41) is 0. The summed E-state index contributed by atoms with van der Waals surface area (Å²) in [5.74, 6) is -1.67. The van der Waals surface area contributed by atoms with Gasteiger partial charge in [0.1, 0.15) is 0 Å². The van der Waals surface area contributed by atoms with E-state index in [0.717, 1.165) is 11.6 Å². The molecule has 0 heterocycles. The van der Waals surface area contributed by atoms with Crippen LogP contribution in [-0.2, 0) is 14.3 Å². The van der Waals surface area contributed by atoms with Crippen molar-refractivity contribution in [3.63, 3.8) is 0 Å². The van der Waals surface area contributed by atoms with Gasteiger partial charge in [0.25, 0.3) is 5.91 Å². The summed E-state index contributed by atoms with van der Waals surface area (Å²) < 4.78 is 5.29. The summed E-state index contributed by atoms with van der Waals surface area (Å²) in [6, 6.07) is 5.39. The highest BCUT2D eigenvalue weighted by molar-refractivity contribution is 9.10. The number of hydrogen-bond acceptors (Lipinski definition) is 5. The van der Waals surface area contributed by atoms with Crippen LogP contribution in [0.2, 0.25) is 0 Å². The van der Waals surface area contributed by atoms with Crippen LogP contribution in [0.1, 0.15) is 17.3 Å². The van der Waals surface area contributed by atoms with Gasteiger partial charge in [-0.1, -0.05) is 15.9 Å². The van der Waals surface area contributed by atoms with Crippen LogP contribution in [-0.4, -0.2) is 30.8 Å². The lowest BCUT2D eigenvalue weighted by molar-refractivity contribution is -0.146. The largest absolute Gasteiger partial charge is 0.467 e. The molecular weight excluding hydrogens is 316 g/mol. The predicted octanol–water partition coefficient (Wildman–Crippen LogP) is 0.814. The van der Waals surface area contributed by atoms with Gasteiger partial charge in [0.2, 0.25) is 0 Å². The van der Waals surface area contributed by atoms with Crippen LogP contribution in [0.4, 0.5) is 0 Å². The molecule has 1 rings (SSSR count). The molecule has 0 bridgehead atoms. The number of ether oxygens (including phenoxy) is 1. The summed E-state index contributed by atoms with van der Waals surface area (Å²) in [7, 11) is 1.16. The second-order valence-corrected chi connectivity index (χ2v) is 4.59. The maximum absolute atomic E-state index is 11.7. The lowest BCUT2D eigenvalue weighted by Crippen LogP contribution is -2.51. The van der Waals surface area contributed by atoms with Crippen LogP contribution < -0.4 is 10.9 Å². The van der Waals surface area contributed by atoms with E-state index in [2.05, 4.69) is 31.5 Å². The zero-order valence-corrected chi connectivity index (χ0v) is 12.0. The van der Waals surface area contributed by atoms with Gasteiger partial charge in [-0.2, -0.15) is 0 Å². The van der Waals surface area contributed by atoms with Crippen molar-refractivity contribution in [2.45, 2.75) is 13.0 Å². The number of esters is 1. The third-order valence-electron chi connectivity index (χ3n) is 2.28. The van der Waals surface area contributed by atoms with Gasteiger partial charge in [-0.05, 0) is 31.2 Å². The van der Waals surface area contributed by atoms with Crippen LogP contribution in [0.3, 0.4) is 0 Å². The third-order valence-corrected chi connectivity index (χ3v) is 2.81. The minimum absolute atomic E-state index is 0.392. The SMILES string of the molecule is COC(=O)C(NNC(=O)c1ccc(Br)cc1)C(C)=O. The maximum Gasteiger partial charge on any atom is 0.332 e. The first-order chi connectivity index (χ1) is 8.95. The highest BCUT2D eigenvalue weighted by Gasteiger charge is 2.24. The van der Waals surface area contributed by atoms with Crippen molar-refractivity contribution in [2.75, 3.05) is 7.11 Å². The van der Waals surface area contributed by atoms with Crippen molar-refractivity contribution in [1.82, 2.24) is 10.9 Å². The molecule has 0 radical (unpaired) electrons. The molecule has 0 aliphatic heterocycles. The van der Waals surface area contributed by atoms with Crippen LogP contribution >= 0.6 is 15.9 Å². The standard InChI is InChI=1S/C12H13BrN2O4/c1-7(16)10(12(18)19-2)14-15-11(17)8-3-5-9(13)6-4-8/h3-6,10,14H,1-2H3,(H,15,17). The smallest absolute Gasteiger partial charge is 0.332 e. The molecule has 2 N–H and O–H groups in total. The number of nitrogens with one attached hydrogen (secondary N) is 2. The molecule has 7 heteroatoms. The zero-order valence-electron chi connectivity index (χ0n) is 10.4. The van der Waals surface area contributed by atoms with E-state index in [9.17, 15) is 14.4 Å². The molecule has 19 heavy (non-hydrogen) atoms. The van der Waals surface area contributed by atoms with E-state index >= 15 is 0 Å². The molecule has 0 aromatic heterocycles. The Kier molecular flexibility index (Phi) is 5.65. The average molecular weight is 329 g/mol. The fourth-order valence-electron chi connectivity index (χ4n) is 1.26. The molecule has 6 nitrogen and oxygen atoms in total. The monoisotopic (exact) mass is 328 g/mol. The highest BCUT2D eigenvalue weighted by atomic mass is 79.9. The Labute approximate surface area is 118 Å². The number of ketones is 1. The Bertz CT molecular complexity index is 487. The van der Waals surface area contributed by atoms with E-state index in [1.165, 1.54) is 6.92 Å². The van der Waals surface area contributed by atoms with E-state index in [-0.39, 0.29) is 0 Å². The van der Waals surface area contributed by atoms with E-state index < -0.39 is 23.7 Å². The topological polar surface area (TPSA) is 84.5 Å². The predicted molar refractivity (Wildman–Crippen MR) is 71.2 cm³/mol. The third kappa shape index (κ3) is 4.46. The molecule has 1 aromatic rings. The van der Waals surface area contributed by atoms with Crippen LogP contribution in [0.5, 0.6) is 0 Å². The van der Waals surface area contributed by atoms with Gasteiger partial charge in [-0.15, -0.1) is 0 Å². The summed E-state index contributed by atoms with van der Waals surface area (Å²) in [5.41, 5.74) is 5.03. The number of amides is 1. The van der Waals surface area contributed by atoms with Gasteiger partial charge in [-0.25, -0.2) is 10.2 Å². The number of Topliss-reactive ketones (excluding diaryl/α,β-unsaturated/α-hetero) is 1. The molecular formula is C12H13BrN2O4. The summed E-state index contributed by atoms with van der Waals surface area (Å²) >= 11 is 3.25. The first kappa shape index (κ1) is 15.3. The summed E-state index contributed by atoms with van der Waals surface area (Å²) in [4.78, 5) is 34.2. The first-order valence-corrected chi connectivity index (χ1v) is 6.14. The average Bonchev–Trinajstić information content (AvgIpc) is 2.38. The van der Waals surface area contributed by atoms with Gasteiger partial charge in [0.05, 0.1) is 7.11 Å². The fourth-order valence-corrected chi connectivity index (χ4v) is 1.52. The summed E-state index contributed by atoms with van der Waals surface area (Å²) in [6.45, 7) is 1.22. The number of hydrazine groups is 1. The number of rotatable bonds is 5. The van der Waals surface area contributed by atoms with Gasteiger partial charge >= 0.3 is 5.97 Å². The molecule has 0 saturated heterocycles. The highest BCUT2D eigenvalue weighted by Crippen LogP contribution is 2.10. The van der Waals surface area contributed by atoms with E-state index in [0.29, 0.717) is 5.56 Å². The van der Waals surface area contributed by atoms with Gasteiger partial charge in [-0.3, -0.25) is 15.0 Å². The van der Waals surface area contributed by atoms with Crippen molar-refractivity contribution in [2.24, 2.45) is 0 Å². The second-order valence-electron chi connectivity index (χ2n) is 3.67. The molecule has 102 valence electrons. The Morgan fingerprint density at radius 2 is 1.79 bits per heavy atom. The number of hydrogen-bond donors (Lipinski definition) is 2. The van der Waals surface area contributed by atoms with Crippen molar-refractivity contribution in [1.29, 1.82) is 0 Å². The van der Waals surface area contributed by atoms with Crippen molar-refractivity contribution >= 4 is 33.6 Å². The minimum atomic E-state index is -1.22. The molecule has 1 unspecified atom stereocenters. The van der Waals surface area contributed by atoms with Crippen LogP contribution in [0.15, 0.2) is 28.7 Å². The molecule has 0 aliphatic rings. The second kappa shape index (κ2) is 7.01. The Morgan fingerprint density at radius 3 is 2.26 bits per heavy atom. The van der Waals surface area contributed by atoms with Gasteiger partial charge in [0, 0.05) is 10.0 Å². The number of benzene rings is 1. The molecule has 0 spiro atoms. The Balaban J connectivity index is 2.64. The summed E-state index contributed by atoms with van der Waals surface area (Å²) in [6.07, 6.45) is 0. The fraction of sp³-hybridized carbons (Fsp3) is 0.250. The van der Waals surface area contributed by atoms with Gasteiger partial charge < -0.3 is 4.74 Å². The Morgan fingerprint density at radius 1 is 1.21 bits per heavy atom. The van der Waals surface area contributed by atoms with Crippen molar-refractivity contribution in [3.8, 4) is 0 Å². The molecule has 1 atom stereocenters. The Hall–Kier alpha value is -1.73. The van der Waals surface area contributed by atoms with E-state index in [1.807, 2.05) is 0 Å². The zero-order chi connectivity index (χ0) is 14.4. The molecule has 0 saturated carbocycles. The molecule has 1 aromatic carbocycles. The molecule has 1 amide bonds. The van der Waals surface area contributed by atoms with E-state index in [1.54, 1.807) is 24.3 Å². The lowest BCUT2D eigenvalue weighted by Gasteiger charge is -2.14. The van der Waals surface area contributed by atoms with Crippen LogP contribution in [0.25, 0.3) is 0 Å². The number of carbonyl (C=O) groups excluding carboxylic acids is 3. The quantitative estimate of drug-likeness (QED) is 0.475. The number of carbonyl (C=O) groups is 3. The first-order valence-electron chi connectivity index (χ1n) is 5.35. The molecule has 0 fully saturated rings. The lowest BCUT2D eigenvalue weighted by atomic mass is 10.2. The molecule has 0 aliphatic carbocycles. The number of methoxy groups -OCH3 is 1. The maximum atomic E-state index is 11.7. The minimum Gasteiger partial charge on any atom is -0.467 e. The normalized spacial score (nSPS) is 11.5. The van der Waals surface area contributed by atoms with Crippen LogP contribution in [0, 0.1) is 0 Å². The van der Waals surface area contributed by atoms with Gasteiger partial charge in [0.15, 0.2) is 11.8 Å².